The average molecular weight is 319 g/mol. The third kappa shape index (κ3) is 3.17. The third-order valence-corrected chi connectivity index (χ3v) is 3.55. The minimum Gasteiger partial charge on any atom is -0.497 e. The van der Waals surface area contributed by atoms with Gasteiger partial charge in [0.1, 0.15) is 17.4 Å². The number of aromatic nitrogens is 1. The second-order valence-electron chi connectivity index (χ2n) is 5.08. The van der Waals surface area contributed by atoms with Crippen molar-refractivity contribution in [1.82, 2.24) is 10.3 Å². The smallest absolute Gasteiger partial charge is 0.143 e. The van der Waals surface area contributed by atoms with Crippen LogP contribution in [0.1, 0.15) is 11.3 Å². The summed E-state index contributed by atoms with van der Waals surface area (Å²) in [5, 5.41) is 10.9. The van der Waals surface area contributed by atoms with Gasteiger partial charge in [-0.2, -0.15) is 0 Å². The van der Waals surface area contributed by atoms with Crippen molar-refractivity contribution in [2.45, 2.75) is 0 Å². The molecule has 24 heavy (non-hydrogen) atoms. The first-order valence-corrected chi connectivity index (χ1v) is 7.34. The van der Waals surface area contributed by atoms with Gasteiger partial charge < -0.3 is 15.8 Å². The van der Waals surface area contributed by atoms with Crippen LogP contribution in [0, 0.1) is 5.41 Å². The summed E-state index contributed by atoms with van der Waals surface area (Å²) >= 11 is 0. The Morgan fingerprint density at radius 2 is 1.96 bits per heavy atom. The van der Waals surface area contributed by atoms with Crippen LogP contribution in [-0.2, 0) is 0 Å². The van der Waals surface area contributed by atoms with Crippen LogP contribution in [0.2, 0.25) is 0 Å². The highest BCUT2D eigenvalue weighted by Gasteiger charge is 2.15. The number of methoxy groups -OCH3 is 1. The summed E-state index contributed by atoms with van der Waals surface area (Å²) in [6.07, 6.45) is 5.22. The number of nitrogens with zero attached hydrogens (tertiary/aromatic N) is 2. The van der Waals surface area contributed by atoms with Crippen LogP contribution in [0.15, 0.2) is 65.7 Å². The zero-order valence-corrected chi connectivity index (χ0v) is 13.2. The Bertz CT molecular complexity index is 835. The molecule has 1 aromatic carbocycles. The molecular weight excluding hydrogens is 302 g/mol. The van der Waals surface area contributed by atoms with Gasteiger partial charge >= 0.3 is 0 Å². The fourth-order valence-electron chi connectivity index (χ4n) is 2.33. The van der Waals surface area contributed by atoms with Crippen LogP contribution in [-0.4, -0.2) is 24.1 Å². The molecule has 0 bridgehead atoms. The number of ether oxygens (including phenoxy) is 1. The average Bonchev–Trinajstić information content (AvgIpc) is 2.63. The standard InChI is InChI=1S/C18H17N5O/c1-24-14-7-5-12(6-8-14)13-10-22-18(23-11-13)16(17(19)20)15-4-2-3-9-21-15/h2-11,22H,1H3,(H3,19,20)/b18-16+. The lowest BCUT2D eigenvalue weighted by molar-refractivity contribution is 0.415. The van der Waals surface area contributed by atoms with E-state index in [9.17, 15) is 0 Å². The van der Waals surface area contributed by atoms with E-state index in [1.165, 1.54) is 0 Å². The number of allylic oxidation sites excluding steroid dienone is 1. The Kier molecular flexibility index (Phi) is 4.38. The molecule has 1 aliphatic rings. The molecule has 0 spiro atoms. The Balaban J connectivity index is 1.90. The van der Waals surface area contributed by atoms with Gasteiger partial charge in [-0.1, -0.05) is 18.2 Å². The fraction of sp³-hybridized carbons (Fsp3) is 0.0556. The van der Waals surface area contributed by atoms with E-state index in [-0.39, 0.29) is 5.84 Å². The summed E-state index contributed by atoms with van der Waals surface area (Å²) in [5.41, 5.74) is 8.72. The molecule has 4 N–H and O–H groups in total. The maximum Gasteiger partial charge on any atom is 0.143 e. The first-order chi connectivity index (χ1) is 11.7. The summed E-state index contributed by atoms with van der Waals surface area (Å²) < 4.78 is 5.16. The lowest BCUT2D eigenvalue weighted by Crippen LogP contribution is -2.20. The zero-order chi connectivity index (χ0) is 16.9. The number of rotatable bonds is 4. The van der Waals surface area contributed by atoms with Gasteiger partial charge in [-0.3, -0.25) is 10.4 Å². The molecule has 3 rings (SSSR count). The van der Waals surface area contributed by atoms with Crippen molar-refractivity contribution >= 4 is 23.2 Å². The monoisotopic (exact) mass is 319 g/mol. The Morgan fingerprint density at radius 1 is 1.17 bits per heavy atom. The molecular formula is C18H17N5O. The van der Waals surface area contributed by atoms with Crippen molar-refractivity contribution in [1.29, 1.82) is 5.41 Å². The summed E-state index contributed by atoms with van der Waals surface area (Å²) in [4.78, 5) is 8.66. The first kappa shape index (κ1) is 15.5. The predicted molar refractivity (Wildman–Crippen MR) is 95.7 cm³/mol. The van der Waals surface area contributed by atoms with E-state index in [0.717, 1.165) is 16.9 Å². The second-order valence-corrected chi connectivity index (χ2v) is 5.08. The van der Waals surface area contributed by atoms with E-state index in [1.807, 2.05) is 42.6 Å². The van der Waals surface area contributed by atoms with Crippen molar-refractivity contribution in [3.8, 4) is 5.75 Å². The van der Waals surface area contributed by atoms with Crippen LogP contribution in [0.25, 0.3) is 11.1 Å². The quantitative estimate of drug-likeness (QED) is 0.595. The molecule has 1 aromatic heterocycles. The van der Waals surface area contributed by atoms with Crippen LogP contribution < -0.4 is 15.8 Å². The van der Waals surface area contributed by atoms with Crippen LogP contribution in [0.3, 0.4) is 0 Å². The van der Waals surface area contributed by atoms with Gasteiger partial charge in [-0.05, 0) is 29.8 Å². The van der Waals surface area contributed by atoms with Crippen LogP contribution in [0.5, 0.6) is 5.75 Å². The van der Waals surface area contributed by atoms with Gasteiger partial charge in [0.25, 0.3) is 0 Å². The molecule has 2 aromatic rings. The number of aliphatic imine (C=N–C) groups is 1. The molecule has 0 unspecified atom stereocenters. The number of hydrogen-bond acceptors (Lipinski definition) is 5. The van der Waals surface area contributed by atoms with E-state index >= 15 is 0 Å². The molecule has 2 heterocycles. The molecule has 1 aliphatic heterocycles. The highest BCUT2D eigenvalue weighted by atomic mass is 16.5. The lowest BCUT2D eigenvalue weighted by Gasteiger charge is -2.15. The van der Waals surface area contributed by atoms with Gasteiger partial charge in [0, 0.05) is 24.2 Å². The molecule has 120 valence electrons. The van der Waals surface area contributed by atoms with Gasteiger partial charge in [0.15, 0.2) is 0 Å². The molecule has 6 nitrogen and oxygen atoms in total. The Labute approximate surface area is 139 Å². The second kappa shape index (κ2) is 6.78. The van der Waals surface area contributed by atoms with E-state index in [1.54, 1.807) is 25.6 Å². The van der Waals surface area contributed by atoms with E-state index in [0.29, 0.717) is 17.1 Å². The van der Waals surface area contributed by atoms with Crippen molar-refractivity contribution in [2.24, 2.45) is 10.7 Å². The minimum atomic E-state index is -0.0883. The normalized spacial score (nSPS) is 15.3. The molecule has 0 amide bonds. The molecule has 0 aliphatic carbocycles. The van der Waals surface area contributed by atoms with Crippen molar-refractivity contribution in [3.05, 3.63) is 71.9 Å². The Hall–Kier alpha value is -3.41. The summed E-state index contributed by atoms with van der Waals surface area (Å²) in [6.45, 7) is 0. The lowest BCUT2D eigenvalue weighted by atomic mass is 10.1. The molecule has 0 fully saturated rings. The van der Waals surface area contributed by atoms with Crippen LogP contribution >= 0.6 is 0 Å². The van der Waals surface area contributed by atoms with E-state index in [4.69, 9.17) is 15.9 Å². The molecule has 0 saturated carbocycles. The number of pyridine rings is 1. The number of hydrogen-bond donors (Lipinski definition) is 3. The van der Waals surface area contributed by atoms with Gasteiger partial charge in [0.05, 0.1) is 18.4 Å². The topological polar surface area (TPSA) is 96.4 Å². The summed E-state index contributed by atoms with van der Waals surface area (Å²) in [7, 11) is 1.63. The van der Waals surface area contributed by atoms with Crippen molar-refractivity contribution in [2.75, 3.05) is 7.11 Å². The van der Waals surface area contributed by atoms with Crippen molar-refractivity contribution < 1.29 is 4.74 Å². The van der Waals surface area contributed by atoms with Crippen LogP contribution in [0.4, 0.5) is 0 Å². The first-order valence-electron chi connectivity index (χ1n) is 7.34. The van der Waals surface area contributed by atoms with Gasteiger partial charge in [-0.15, -0.1) is 0 Å². The number of nitrogens with two attached hydrogens (primary N) is 1. The maximum atomic E-state index is 7.82. The third-order valence-electron chi connectivity index (χ3n) is 3.55. The van der Waals surface area contributed by atoms with E-state index in [2.05, 4.69) is 15.3 Å². The predicted octanol–water partition coefficient (Wildman–Crippen LogP) is 2.41. The number of amidine groups is 1. The molecule has 0 atom stereocenters. The zero-order valence-electron chi connectivity index (χ0n) is 13.2. The van der Waals surface area contributed by atoms with E-state index < -0.39 is 0 Å². The molecule has 0 saturated heterocycles. The SMILES string of the molecule is COc1ccc(C2=CN/C(=C(\C(=N)N)c3ccccn3)N=C2)cc1. The number of benzene rings is 1. The Morgan fingerprint density at radius 3 is 2.50 bits per heavy atom. The van der Waals surface area contributed by atoms with Crippen molar-refractivity contribution in [3.63, 3.8) is 0 Å². The highest BCUT2D eigenvalue weighted by Crippen LogP contribution is 2.22. The largest absolute Gasteiger partial charge is 0.497 e. The van der Waals surface area contributed by atoms with Gasteiger partial charge in [0.2, 0.25) is 0 Å². The molecule has 6 heteroatoms. The summed E-state index contributed by atoms with van der Waals surface area (Å²) in [6, 6.07) is 13.1. The minimum absolute atomic E-state index is 0.0883. The number of nitrogens with one attached hydrogen (secondary N) is 2. The molecule has 0 radical (unpaired) electrons. The van der Waals surface area contributed by atoms with Gasteiger partial charge in [-0.25, -0.2) is 4.99 Å². The maximum absolute atomic E-state index is 7.82. The summed E-state index contributed by atoms with van der Waals surface area (Å²) in [5.74, 6) is 1.21. The fourth-order valence-corrected chi connectivity index (χ4v) is 2.33. The highest BCUT2D eigenvalue weighted by molar-refractivity contribution is 6.21.